The van der Waals surface area contributed by atoms with Crippen LogP contribution in [0.25, 0.3) is 0 Å². The SMILES string of the molecule is COCCNC(=O)[C@H](C)Oc1ccc2c(c1)CCCC2. The number of hydrogen-bond donors (Lipinski definition) is 1. The smallest absolute Gasteiger partial charge is 0.260 e. The summed E-state index contributed by atoms with van der Waals surface area (Å²) in [4.78, 5) is 11.8. The Labute approximate surface area is 120 Å². The van der Waals surface area contributed by atoms with E-state index in [9.17, 15) is 4.79 Å². The lowest BCUT2D eigenvalue weighted by Gasteiger charge is -2.19. The maximum atomic E-state index is 11.8. The molecule has 2 rings (SSSR count). The van der Waals surface area contributed by atoms with Gasteiger partial charge >= 0.3 is 0 Å². The van der Waals surface area contributed by atoms with Gasteiger partial charge in [-0.15, -0.1) is 0 Å². The summed E-state index contributed by atoms with van der Waals surface area (Å²) in [6.45, 7) is 2.78. The lowest BCUT2D eigenvalue weighted by Crippen LogP contribution is -2.37. The molecule has 1 atom stereocenters. The minimum atomic E-state index is -0.492. The number of methoxy groups -OCH3 is 1. The first-order valence-electron chi connectivity index (χ1n) is 7.26. The molecule has 0 unspecified atom stereocenters. The van der Waals surface area contributed by atoms with Crippen molar-refractivity contribution in [1.82, 2.24) is 5.32 Å². The lowest BCUT2D eigenvalue weighted by molar-refractivity contribution is -0.127. The van der Waals surface area contributed by atoms with Crippen LogP contribution in [0.4, 0.5) is 0 Å². The van der Waals surface area contributed by atoms with Crippen LogP contribution in [0.2, 0.25) is 0 Å². The van der Waals surface area contributed by atoms with Crippen LogP contribution >= 0.6 is 0 Å². The number of carbonyl (C=O) groups is 1. The van der Waals surface area contributed by atoms with E-state index in [2.05, 4.69) is 17.4 Å². The van der Waals surface area contributed by atoms with Crippen LogP contribution in [0.3, 0.4) is 0 Å². The fourth-order valence-electron chi connectivity index (χ4n) is 2.46. The molecule has 1 N–H and O–H groups in total. The van der Waals surface area contributed by atoms with Crippen molar-refractivity contribution in [3.05, 3.63) is 29.3 Å². The van der Waals surface area contributed by atoms with Gasteiger partial charge < -0.3 is 14.8 Å². The molecule has 0 fully saturated rings. The van der Waals surface area contributed by atoms with Crippen LogP contribution < -0.4 is 10.1 Å². The Morgan fingerprint density at radius 2 is 2.05 bits per heavy atom. The standard InChI is InChI=1S/C16H23NO3/c1-12(16(18)17-9-10-19-2)20-15-8-7-13-5-3-4-6-14(13)11-15/h7-8,11-12H,3-6,9-10H2,1-2H3,(H,17,18)/t12-/m0/s1. The number of amides is 1. The van der Waals surface area contributed by atoms with E-state index in [-0.39, 0.29) is 5.91 Å². The number of nitrogens with one attached hydrogen (secondary N) is 1. The first kappa shape index (κ1) is 14.9. The van der Waals surface area contributed by atoms with Gasteiger partial charge in [0, 0.05) is 13.7 Å². The van der Waals surface area contributed by atoms with Crippen molar-refractivity contribution in [2.75, 3.05) is 20.3 Å². The zero-order valence-electron chi connectivity index (χ0n) is 12.3. The van der Waals surface area contributed by atoms with Crippen LogP contribution in [0.1, 0.15) is 30.9 Å². The third kappa shape index (κ3) is 3.97. The minimum absolute atomic E-state index is 0.111. The molecule has 0 aromatic heterocycles. The van der Waals surface area contributed by atoms with E-state index in [0.29, 0.717) is 13.2 Å². The Hall–Kier alpha value is -1.55. The van der Waals surface area contributed by atoms with E-state index < -0.39 is 6.10 Å². The van der Waals surface area contributed by atoms with Gasteiger partial charge in [0.2, 0.25) is 0 Å². The molecule has 1 aromatic rings. The lowest BCUT2D eigenvalue weighted by atomic mass is 9.92. The van der Waals surface area contributed by atoms with Crippen molar-refractivity contribution in [2.45, 2.75) is 38.7 Å². The molecule has 0 aliphatic heterocycles. The first-order valence-corrected chi connectivity index (χ1v) is 7.26. The second-order valence-corrected chi connectivity index (χ2v) is 5.18. The van der Waals surface area contributed by atoms with E-state index in [4.69, 9.17) is 9.47 Å². The Morgan fingerprint density at radius 3 is 2.80 bits per heavy atom. The molecule has 0 spiro atoms. The highest BCUT2D eigenvalue weighted by atomic mass is 16.5. The third-order valence-electron chi connectivity index (χ3n) is 3.61. The monoisotopic (exact) mass is 277 g/mol. The van der Waals surface area contributed by atoms with Crippen molar-refractivity contribution < 1.29 is 14.3 Å². The molecule has 1 aromatic carbocycles. The second-order valence-electron chi connectivity index (χ2n) is 5.18. The van der Waals surface area contributed by atoms with Crippen LogP contribution in [0.5, 0.6) is 5.75 Å². The predicted molar refractivity (Wildman–Crippen MR) is 78.1 cm³/mol. The zero-order valence-corrected chi connectivity index (χ0v) is 12.3. The quantitative estimate of drug-likeness (QED) is 0.810. The van der Waals surface area contributed by atoms with Crippen molar-refractivity contribution >= 4 is 5.91 Å². The van der Waals surface area contributed by atoms with Gasteiger partial charge in [0.15, 0.2) is 6.10 Å². The molecule has 4 heteroatoms. The van der Waals surface area contributed by atoms with Crippen molar-refractivity contribution in [3.8, 4) is 5.75 Å². The average molecular weight is 277 g/mol. The highest BCUT2D eigenvalue weighted by Crippen LogP contribution is 2.25. The zero-order chi connectivity index (χ0) is 14.4. The summed E-state index contributed by atoms with van der Waals surface area (Å²) >= 11 is 0. The largest absolute Gasteiger partial charge is 0.481 e. The third-order valence-corrected chi connectivity index (χ3v) is 3.61. The summed E-state index contributed by atoms with van der Waals surface area (Å²) in [5.74, 6) is 0.666. The molecule has 0 radical (unpaired) electrons. The molecule has 0 saturated heterocycles. The molecule has 0 heterocycles. The molecule has 110 valence electrons. The number of benzene rings is 1. The van der Waals surface area contributed by atoms with Crippen LogP contribution in [0.15, 0.2) is 18.2 Å². The van der Waals surface area contributed by atoms with E-state index >= 15 is 0 Å². The Kier molecular flexibility index (Phi) is 5.41. The highest BCUT2D eigenvalue weighted by Gasteiger charge is 2.15. The van der Waals surface area contributed by atoms with Gasteiger partial charge in [0.25, 0.3) is 5.91 Å². The fraction of sp³-hybridized carbons (Fsp3) is 0.562. The topological polar surface area (TPSA) is 47.6 Å². The van der Waals surface area contributed by atoms with Crippen molar-refractivity contribution in [2.24, 2.45) is 0 Å². The van der Waals surface area contributed by atoms with Crippen LogP contribution in [0, 0.1) is 0 Å². The summed E-state index contributed by atoms with van der Waals surface area (Å²) in [5, 5.41) is 2.78. The summed E-state index contributed by atoms with van der Waals surface area (Å²) in [6, 6.07) is 6.16. The first-order chi connectivity index (χ1) is 9.70. The summed E-state index contributed by atoms with van der Waals surface area (Å²) in [5.41, 5.74) is 2.78. The fourth-order valence-corrected chi connectivity index (χ4v) is 2.46. The van der Waals surface area contributed by atoms with Gasteiger partial charge in [-0.05, 0) is 55.9 Å². The Balaban J connectivity index is 1.90. The average Bonchev–Trinajstić information content (AvgIpc) is 2.47. The molecule has 1 aliphatic rings. The molecule has 1 aliphatic carbocycles. The number of rotatable bonds is 6. The number of fused-ring (bicyclic) bond motifs is 1. The number of carbonyl (C=O) groups excluding carboxylic acids is 1. The van der Waals surface area contributed by atoms with Gasteiger partial charge in [0.1, 0.15) is 5.75 Å². The Bertz CT molecular complexity index is 459. The molecule has 0 saturated carbocycles. The van der Waals surface area contributed by atoms with Gasteiger partial charge in [-0.1, -0.05) is 6.07 Å². The van der Waals surface area contributed by atoms with Gasteiger partial charge in [-0.3, -0.25) is 4.79 Å². The maximum absolute atomic E-state index is 11.8. The van der Waals surface area contributed by atoms with E-state index in [0.717, 1.165) is 18.6 Å². The highest BCUT2D eigenvalue weighted by molar-refractivity contribution is 5.80. The Morgan fingerprint density at radius 1 is 1.30 bits per heavy atom. The second kappa shape index (κ2) is 7.29. The van der Waals surface area contributed by atoms with E-state index in [1.165, 1.54) is 24.0 Å². The molecule has 0 bridgehead atoms. The molecular weight excluding hydrogens is 254 g/mol. The molecule has 1 amide bonds. The van der Waals surface area contributed by atoms with Crippen LogP contribution in [-0.4, -0.2) is 32.3 Å². The number of ether oxygens (including phenoxy) is 2. The molecule has 20 heavy (non-hydrogen) atoms. The van der Waals surface area contributed by atoms with E-state index in [1.54, 1.807) is 14.0 Å². The normalized spacial score (nSPS) is 15.3. The van der Waals surface area contributed by atoms with Gasteiger partial charge in [-0.25, -0.2) is 0 Å². The molecular formula is C16H23NO3. The summed E-state index contributed by atoms with van der Waals surface area (Å²) in [7, 11) is 1.61. The summed E-state index contributed by atoms with van der Waals surface area (Å²) in [6.07, 6.45) is 4.28. The van der Waals surface area contributed by atoms with Crippen LogP contribution in [-0.2, 0) is 22.4 Å². The van der Waals surface area contributed by atoms with Gasteiger partial charge in [-0.2, -0.15) is 0 Å². The van der Waals surface area contributed by atoms with E-state index in [1.807, 2.05) is 6.07 Å². The molecule has 4 nitrogen and oxygen atoms in total. The van der Waals surface area contributed by atoms with Gasteiger partial charge in [0.05, 0.1) is 6.61 Å². The number of hydrogen-bond acceptors (Lipinski definition) is 3. The predicted octanol–water partition coefficient (Wildman–Crippen LogP) is 2.10. The van der Waals surface area contributed by atoms with Crippen molar-refractivity contribution in [1.29, 1.82) is 0 Å². The van der Waals surface area contributed by atoms with Crippen molar-refractivity contribution in [3.63, 3.8) is 0 Å². The minimum Gasteiger partial charge on any atom is -0.481 e. The summed E-state index contributed by atoms with van der Waals surface area (Å²) < 4.78 is 10.6. The number of aryl methyl sites for hydroxylation is 2. The maximum Gasteiger partial charge on any atom is 0.260 e.